The van der Waals surface area contributed by atoms with Gasteiger partial charge in [-0.1, -0.05) is 24.3 Å². The summed E-state index contributed by atoms with van der Waals surface area (Å²) in [4.78, 5) is 15.1. The van der Waals surface area contributed by atoms with Gasteiger partial charge in [0.05, 0.1) is 5.69 Å². The monoisotopic (exact) mass is 293 g/mol. The van der Waals surface area contributed by atoms with Gasteiger partial charge in [0.25, 0.3) is 0 Å². The predicted octanol–water partition coefficient (Wildman–Crippen LogP) is 3.30. The molecule has 3 N–H and O–H groups in total. The van der Waals surface area contributed by atoms with Crippen LogP contribution in [0.15, 0.2) is 60.9 Å². The third kappa shape index (κ3) is 2.98. The molecule has 0 bridgehead atoms. The zero-order chi connectivity index (χ0) is 15.4. The fraction of sp³-hybridized carbons (Fsp3) is 0.0588. The number of amides is 2. The average Bonchev–Trinajstić information content (AvgIpc) is 2.55. The largest absolute Gasteiger partial charge is 0.488 e. The van der Waals surface area contributed by atoms with Crippen molar-refractivity contribution < 1.29 is 9.53 Å². The minimum Gasteiger partial charge on any atom is -0.488 e. The van der Waals surface area contributed by atoms with Gasteiger partial charge in [-0.3, -0.25) is 4.98 Å². The summed E-state index contributed by atoms with van der Waals surface area (Å²) in [7, 11) is 0. The van der Waals surface area contributed by atoms with Gasteiger partial charge in [-0.15, -0.1) is 0 Å². The van der Waals surface area contributed by atoms with E-state index in [-0.39, 0.29) is 0 Å². The lowest BCUT2D eigenvalue weighted by Crippen LogP contribution is -2.19. The van der Waals surface area contributed by atoms with Crippen LogP contribution in [0.4, 0.5) is 10.5 Å². The summed E-state index contributed by atoms with van der Waals surface area (Å²) in [6.07, 6.45) is 3.47. The van der Waals surface area contributed by atoms with Gasteiger partial charge >= 0.3 is 6.03 Å². The summed E-state index contributed by atoms with van der Waals surface area (Å²) >= 11 is 0. The number of rotatable bonds is 4. The molecule has 0 spiro atoms. The van der Waals surface area contributed by atoms with Crippen LogP contribution in [-0.4, -0.2) is 11.0 Å². The molecular formula is C17H15N3O2. The number of fused-ring (bicyclic) bond motifs is 1. The molecule has 0 aliphatic rings. The number of hydrogen-bond donors (Lipinski definition) is 2. The van der Waals surface area contributed by atoms with E-state index in [0.29, 0.717) is 12.3 Å². The van der Waals surface area contributed by atoms with Crippen LogP contribution in [0.5, 0.6) is 5.75 Å². The molecule has 1 heterocycles. The Morgan fingerprint density at radius 3 is 2.50 bits per heavy atom. The quantitative estimate of drug-likeness (QED) is 0.774. The molecule has 0 saturated carbocycles. The third-order valence-corrected chi connectivity index (χ3v) is 3.29. The number of nitrogens with zero attached hydrogens (tertiary/aromatic N) is 1. The number of pyridine rings is 1. The van der Waals surface area contributed by atoms with Gasteiger partial charge in [0, 0.05) is 23.2 Å². The van der Waals surface area contributed by atoms with Crippen molar-refractivity contribution in [1.29, 1.82) is 0 Å². The number of primary amides is 1. The predicted molar refractivity (Wildman–Crippen MR) is 85.7 cm³/mol. The van der Waals surface area contributed by atoms with Crippen molar-refractivity contribution in [2.75, 3.05) is 5.32 Å². The molecule has 5 nitrogen and oxygen atoms in total. The first-order valence-electron chi connectivity index (χ1n) is 6.84. The van der Waals surface area contributed by atoms with E-state index >= 15 is 0 Å². The number of carbonyl (C=O) groups excluding carboxylic acids is 1. The van der Waals surface area contributed by atoms with Crippen LogP contribution in [0, 0.1) is 0 Å². The molecule has 3 rings (SSSR count). The number of urea groups is 1. The van der Waals surface area contributed by atoms with Crippen LogP contribution in [0.3, 0.4) is 0 Å². The number of nitrogens with two attached hydrogens (primary N) is 1. The molecule has 0 aliphatic heterocycles. The van der Waals surface area contributed by atoms with Gasteiger partial charge in [-0.2, -0.15) is 0 Å². The van der Waals surface area contributed by atoms with Crippen molar-refractivity contribution in [1.82, 2.24) is 4.98 Å². The highest BCUT2D eigenvalue weighted by Gasteiger charge is 2.08. The average molecular weight is 293 g/mol. The van der Waals surface area contributed by atoms with E-state index in [9.17, 15) is 4.79 Å². The van der Waals surface area contributed by atoms with Gasteiger partial charge in [-0.05, 0) is 29.8 Å². The van der Waals surface area contributed by atoms with Crippen LogP contribution in [-0.2, 0) is 6.61 Å². The third-order valence-electron chi connectivity index (χ3n) is 3.29. The Labute approximate surface area is 127 Å². The molecule has 0 fully saturated rings. The molecule has 2 aromatic carbocycles. The zero-order valence-corrected chi connectivity index (χ0v) is 11.8. The van der Waals surface area contributed by atoms with Gasteiger partial charge in [0.15, 0.2) is 0 Å². The minimum absolute atomic E-state index is 0.453. The molecular weight excluding hydrogens is 278 g/mol. The SMILES string of the molecule is NC(=O)Nc1ccc(OCc2ccncc2)c2ccccc12. The van der Waals surface area contributed by atoms with Gasteiger partial charge in [0.2, 0.25) is 0 Å². The molecule has 0 radical (unpaired) electrons. The van der Waals surface area contributed by atoms with E-state index in [1.165, 1.54) is 0 Å². The first kappa shape index (κ1) is 13.9. The highest BCUT2D eigenvalue weighted by molar-refractivity contribution is 6.03. The summed E-state index contributed by atoms with van der Waals surface area (Å²) in [6, 6.07) is 14.5. The Morgan fingerprint density at radius 1 is 1.05 bits per heavy atom. The zero-order valence-electron chi connectivity index (χ0n) is 11.8. The van der Waals surface area contributed by atoms with Crippen molar-refractivity contribution in [3.63, 3.8) is 0 Å². The molecule has 0 saturated heterocycles. The Balaban J connectivity index is 1.92. The van der Waals surface area contributed by atoms with Gasteiger partial charge < -0.3 is 15.8 Å². The molecule has 110 valence electrons. The molecule has 0 aliphatic carbocycles. The highest BCUT2D eigenvalue weighted by atomic mass is 16.5. The molecule has 5 heteroatoms. The Hall–Kier alpha value is -3.08. The van der Waals surface area contributed by atoms with E-state index < -0.39 is 6.03 Å². The summed E-state index contributed by atoms with van der Waals surface area (Å²) in [5, 5.41) is 4.43. The van der Waals surface area contributed by atoms with Crippen LogP contribution < -0.4 is 15.8 Å². The molecule has 0 unspecified atom stereocenters. The number of benzene rings is 2. The fourth-order valence-corrected chi connectivity index (χ4v) is 2.28. The fourth-order valence-electron chi connectivity index (χ4n) is 2.28. The normalized spacial score (nSPS) is 10.4. The van der Waals surface area contributed by atoms with Crippen molar-refractivity contribution in [3.8, 4) is 5.75 Å². The number of nitrogens with one attached hydrogen (secondary N) is 1. The van der Waals surface area contributed by atoms with E-state index in [2.05, 4.69) is 10.3 Å². The smallest absolute Gasteiger partial charge is 0.316 e. The number of carbonyl (C=O) groups is 1. The Morgan fingerprint density at radius 2 is 1.77 bits per heavy atom. The first-order chi connectivity index (χ1) is 10.7. The van der Waals surface area contributed by atoms with E-state index in [4.69, 9.17) is 10.5 Å². The molecule has 2 amide bonds. The summed E-state index contributed by atoms with van der Waals surface area (Å²) in [5.74, 6) is 0.752. The molecule has 22 heavy (non-hydrogen) atoms. The van der Waals surface area contributed by atoms with Crippen LogP contribution >= 0.6 is 0 Å². The van der Waals surface area contributed by atoms with Crippen molar-refractivity contribution in [2.24, 2.45) is 5.73 Å². The minimum atomic E-state index is -0.587. The summed E-state index contributed by atoms with van der Waals surface area (Å²) in [6.45, 7) is 0.453. The van der Waals surface area contributed by atoms with Gasteiger partial charge in [0.1, 0.15) is 12.4 Å². The van der Waals surface area contributed by atoms with Crippen molar-refractivity contribution in [3.05, 3.63) is 66.5 Å². The van der Waals surface area contributed by atoms with Gasteiger partial charge in [-0.25, -0.2) is 4.79 Å². The Kier molecular flexibility index (Phi) is 3.87. The molecule has 3 aromatic rings. The number of aromatic nitrogens is 1. The van der Waals surface area contributed by atoms with Crippen LogP contribution in [0.25, 0.3) is 10.8 Å². The van der Waals surface area contributed by atoms with Crippen molar-refractivity contribution in [2.45, 2.75) is 6.61 Å². The summed E-state index contributed by atoms with van der Waals surface area (Å²) < 4.78 is 5.89. The first-order valence-corrected chi connectivity index (χ1v) is 6.84. The number of hydrogen-bond acceptors (Lipinski definition) is 3. The lowest BCUT2D eigenvalue weighted by molar-refractivity contribution is 0.259. The Bertz CT molecular complexity index is 803. The van der Waals surface area contributed by atoms with E-state index in [0.717, 1.165) is 22.1 Å². The topological polar surface area (TPSA) is 77.2 Å². The second-order valence-corrected chi connectivity index (χ2v) is 4.79. The summed E-state index contributed by atoms with van der Waals surface area (Å²) in [5.41, 5.74) is 6.91. The maximum Gasteiger partial charge on any atom is 0.316 e. The molecule has 0 atom stereocenters. The van der Waals surface area contributed by atoms with E-state index in [1.807, 2.05) is 42.5 Å². The number of anilines is 1. The van der Waals surface area contributed by atoms with Crippen LogP contribution in [0.1, 0.15) is 5.56 Å². The highest BCUT2D eigenvalue weighted by Crippen LogP contribution is 2.32. The maximum atomic E-state index is 11.1. The lowest BCUT2D eigenvalue weighted by Gasteiger charge is -2.12. The van der Waals surface area contributed by atoms with Crippen LogP contribution in [0.2, 0.25) is 0 Å². The lowest BCUT2D eigenvalue weighted by atomic mass is 10.1. The number of ether oxygens (including phenoxy) is 1. The second-order valence-electron chi connectivity index (χ2n) is 4.79. The standard InChI is InChI=1S/C17H15N3O2/c18-17(21)20-15-5-6-16(14-4-2-1-3-13(14)15)22-11-12-7-9-19-10-8-12/h1-10H,11H2,(H3,18,20,21). The molecule has 1 aromatic heterocycles. The van der Waals surface area contributed by atoms with Crippen molar-refractivity contribution >= 4 is 22.5 Å². The maximum absolute atomic E-state index is 11.1. The second kappa shape index (κ2) is 6.13. The van der Waals surface area contributed by atoms with E-state index in [1.54, 1.807) is 18.5 Å².